The molecule has 2 N–H and O–H groups in total. The predicted molar refractivity (Wildman–Crippen MR) is 121 cm³/mol. The van der Waals surface area contributed by atoms with Crippen molar-refractivity contribution in [1.82, 2.24) is 9.97 Å². The van der Waals surface area contributed by atoms with E-state index in [1.165, 1.54) is 37.4 Å². The van der Waals surface area contributed by atoms with Crippen LogP contribution in [0.25, 0.3) is 17.3 Å². The Balaban J connectivity index is 2.65. The molecule has 2 rings (SSSR count). The van der Waals surface area contributed by atoms with E-state index in [9.17, 15) is 23.0 Å². The monoisotopic (exact) mass is 462 g/mol. The summed E-state index contributed by atoms with van der Waals surface area (Å²) in [7, 11) is -2.28. The number of sulfonamides is 1. The standard InChI is InChI=1S/C22H27FN4O4S/c1-14(2)20-19(10-9-17(28)13-18(29)11-12-24)21(15-5-7-16(23)8-6-15)26-22(25-20)27(3)32(4,30)31/h5-10,14,17-18,28-29H,11,13H2,1-4H3/b10-9+. The van der Waals surface area contributed by atoms with Crippen LogP contribution in [0.5, 0.6) is 0 Å². The van der Waals surface area contributed by atoms with Gasteiger partial charge in [0, 0.05) is 24.6 Å². The zero-order valence-electron chi connectivity index (χ0n) is 18.4. The van der Waals surface area contributed by atoms with Gasteiger partial charge < -0.3 is 10.2 Å². The van der Waals surface area contributed by atoms with Gasteiger partial charge in [-0.25, -0.2) is 27.1 Å². The maximum Gasteiger partial charge on any atom is 0.239 e. The molecule has 0 saturated carbocycles. The number of anilines is 1. The summed E-state index contributed by atoms with van der Waals surface area (Å²) in [5, 5.41) is 28.7. The highest BCUT2D eigenvalue weighted by Crippen LogP contribution is 2.31. The van der Waals surface area contributed by atoms with Crippen LogP contribution in [0.2, 0.25) is 0 Å². The van der Waals surface area contributed by atoms with Gasteiger partial charge in [0.1, 0.15) is 5.82 Å². The summed E-state index contributed by atoms with van der Waals surface area (Å²) in [5.74, 6) is -0.595. The average molecular weight is 463 g/mol. The topological polar surface area (TPSA) is 127 Å². The lowest BCUT2D eigenvalue weighted by atomic mass is 9.97. The van der Waals surface area contributed by atoms with Gasteiger partial charge >= 0.3 is 0 Å². The first-order chi connectivity index (χ1) is 14.9. The Hall–Kier alpha value is -2.87. The van der Waals surface area contributed by atoms with Crippen LogP contribution in [0.4, 0.5) is 10.3 Å². The van der Waals surface area contributed by atoms with Crippen LogP contribution in [0, 0.1) is 17.1 Å². The lowest BCUT2D eigenvalue weighted by Crippen LogP contribution is -2.27. The molecule has 1 heterocycles. The molecule has 0 radical (unpaired) electrons. The Morgan fingerprint density at radius 2 is 1.84 bits per heavy atom. The highest BCUT2D eigenvalue weighted by molar-refractivity contribution is 7.92. The minimum absolute atomic E-state index is 0.0251. The number of nitrogens with zero attached hydrogens (tertiary/aromatic N) is 4. The van der Waals surface area contributed by atoms with E-state index in [1.807, 2.05) is 19.9 Å². The molecule has 0 saturated heterocycles. The lowest BCUT2D eigenvalue weighted by molar-refractivity contribution is 0.107. The first kappa shape index (κ1) is 25.4. The van der Waals surface area contributed by atoms with Crippen molar-refractivity contribution in [2.75, 3.05) is 17.6 Å². The number of halogens is 1. The minimum Gasteiger partial charge on any atom is -0.392 e. The van der Waals surface area contributed by atoms with Crippen molar-refractivity contribution in [2.24, 2.45) is 0 Å². The van der Waals surface area contributed by atoms with E-state index < -0.39 is 28.0 Å². The Morgan fingerprint density at radius 1 is 1.22 bits per heavy atom. The molecule has 2 aromatic rings. The summed E-state index contributed by atoms with van der Waals surface area (Å²) >= 11 is 0. The van der Waals surface area contributed by atoms with Gasteiger partial charge in [-0.1, -0.05) is 26.0 Å². The van der Waals surface area contributed by atoms with Crippen LogP contribution in [0.3, 0.4) is 0 Å². The first-order valence-corrected chi connectivity index (χ1v) is 11.8. The molecular weight excluding hydrogens is 435 g/mol. The van der Waals surface area contributed by atoms with E-state index in [0.29, 0.717) is 22.5 Å². The molecule has 0 aliphatic heterocycles. The molecule has 0 aliphatic rings. The molecular formula is C22H27FN4O4S. The van der Waals surface area contributed by atoms with Crippen LogP contribution in [-0.4, -0.2) is 54.1 Å². The van der Waals surface area contributed by atoms with Crippen LogP contribution < -0.4 is 4.31 Å². The van der Waals surface area contributed by atoms with Crippen molar-refractivity contribution in [3.05, 3.63) is 47.4 Å². The number of rotatable bonds is 9. The molecule has 0 bridgehead atoms. The second-order valence-corrected chi connectivity index (χ2v) is 9.76. The third kappa shape index (κ3) is 6.56. The zero-order valence-corrected chi connectivity index (χ0v) is 19.2. The van der Waals surface area contributed by atoms with E-state index >= 15 is 0 Å². The van der Waals surface area contributed by atoms with E-state index in [4.69, 9.17) is 5.26 Å². The smallest absolute Gasteiger partial charge is 0.239 e. The summed E-state index contributed by atoms with van der Waals surface area (Å²) < 4.78 is 38.6. The Labute approximate surface area is 187 Å². The van der Waals surface area contributed by atoms with Gasteiger partial charge in [0.25, 0.3) is 0 Å². The number of nitriles is 1. The van der Waals surface area contributed by atoms with Gasteiger partial charge in [0.15, 0.2) is 0 Å². The number of hydrogen-bond acceptors (Lipinski definition) is 7. The maximum atomic E-state index is 13.5. The predicted octanol–water partition coefficient (Wildman–Crippen LogP) is 2.84. The first-order valence-electron chi connectivity index (χ1n) is 9.97. The SMILES string of the molecule is CC(C)c1nc(N(C)S(C)(=O)=O)nc(-c2ccc(F)cc2)c1/C=C/C(O)CC(O)CC#N. The van der Waals surface area contributed by atoms with Gasteiger partial charge in [-0.15, -0.1) is 0 Å². The third-order valence-electron chi connectivity index (χ3n) is 4.73. The van der Waals surface area contributed by atoms with Gasteiger partial charge in [-0.3, -0.25) is 0 Å². The molecule has 0 spiro atoms. The molecule has 2 unspecified atom stereocenters. The summed E-state index contributed by atoms with van der Waals surface area (Å²) in [6.07, 6.45) is 1.97. The normalized spacial score (nSPS) is 13.8. The molecule has 8 nitrogen and oxygen atoms in total. The van der Waals surface area contributed by atoms with Crippen LogP contribution in [0.15, 0.2) is 30.3 Å². The molecule has 10 heteroatoms. The Bertz CT molecular complexity index is 1110. The second-order valence-electron chi connectivity index (χ2n) is 7.74. The maximum absolute atomic E-state index is 13.5. The molecule has 0 aliphatic carbocycles. The fourth-order valence-corrected chi connectivity index (χ4v) is 3.33. The molecule has 0 fully saturated rings. The number of aliphatic hydroxyl groups excluding tert-OH is 2. The van der Waals surface area contributed by atoms with E-state index in [2.05, 4.69) is 9.97 Å². The summed E-state index contributed by atoms with van der Waals surface area (Å²) in [4.78, 5) is 8.89. The van der Waals surface area contributed by atoms with Gasteiger partial charge in [-0.2, -0.15) is 5.26 Å². The van der Waals surface area contributed by atoms with Crippen molar-refractivity contribution in [2.45, 2.75) is 44.8 Å². The lowest BCUT2D eigenvalue weighted by Gasteiger charge is -2.20. The van der Waals surface area contributed by atoms with Crippen molar-refractivity contribution in [1.29, 1.82) is 5.26 Å². The quantitative estimate of drug-likeness (QED) is 0.586. The van der Waals surface area contributed by atoms with Gasteiger partial charge in [0.05, 0.1) is 42.3 Å². The van der Waals surface area contributed by atoms with Crippen molar-refractivity contribution in [3.63, 3.8) is 0 Å². The minimum atomic E-state index is -3.63. The average Bonchev–Trinajstić information content (AvgIpc) is 2.71. The number of aromatic nitrogens is 2. The second kappa shape index (κ2) is 10.6. The Morgan fingerprint density at radius 3 is 2.38 bits per heavy atom. The van der Waals surface area contributed by atoms with Gasteiger partial charge in [-0.05, 0) is 30.2 Å². The number of aliphatic hydroxyl groups is 2. The van der Waals surface area contributed by atoms with E-state index in [0.717, 1.165) is 10.6 Å². The fraction of sp³-hybridized carbons (Fsp3) is 0.409. The molecule has 2 atom stereocenters. The molecule has 1 aromatic carbocycles. The van der Waals surface area contributed by atoms with Crippen LogP contribution >= 0.6 is 0 Å². The molecule has 172 valence electrons. The Kier molecular flexibility index (Phi) is 8.44. The number of hydrogen-bond donors (Lipinski definition) is 2. The van der Waals surface area contributed by atoms with E-state index in [-0.39, 0.29) is 24.7 Å². The largest absolute Gasteiger partial charge is 0.392 e. The van der Waals surface area contributed by atoms with Crippen molar-refractivity contribution < 1.29 is 23.0 Å². The fourth-order valence-electron chi connectivity index (χ4n) is 2.95. The third-order valence-corrected chi connectivity index (χ3v) is 5.89. The van der Waals surface area contributed by atoms with Gasteiger partial charge in [0.2, 0.25) is 16.0 Å². The highest BCUT2D eigenvalue weighted by atomic mass is 32.2. The molecule has 0 amide bonds. The molecule has 32 heavy (non-hydrogen) atoms. The highest BCUT2D eigenvalue weighted by Gasteiger charge is 2.22. The number of benzene rings is 1. The van der Waals surface area contributed by atoms with Crippen LogP contribution in [0.1, 0.15) is 43.9 Å². The zero-order chi connectivity index (χ0) is 24.1. The van der Waals surface area contributed by atoms with E-state index in [1.54, 1.807) is 6.08 Å². The van der Waals surface area contributed by atoms with Crippen molar-refractivity contribution >= 4 is 22.0 Å². The summed E-state index contributed by atoms with van der Waals surface area (Å²) in [6, 6.07) is 7.44. The summed E-state index contributed by atoms with van der Waals surface area (Å²) in [6.45, 7) is 3.76. The van der Waals surface area contributed by atoms with Crippen LogP contribution in [-0.2, 0) is 10.0 Å². The molecule has 1 aromatic heterocycles. The van der Waals surface area contributed by atoms with Crippen molar-refractivity contribution in [3.8, 4) is 17.3 Å². The summed E-state index contributed by atoms with van der Waals surface area (Å²) in [5.41, 5.74) is 1.98.